The number of halogens is 9. The first-order chi connectivity index (χ1) is 13.9. The monoisotopic (exact) mass is 610 g/mol. The van der Waals surface area contributed by atoms with E-state index in [0.717, 1.165) is 35.8 Å². The number of hydrogen-bond donors (Lipinski definition) is 0. The minimum absolute atomic E-state index is 0.369. The molecule has 0 saturated carbocycles. The summed E-state index contributed by atoms with van der Waals surface area (Å²) in [6.45, 7) is 2.73. The molecule has 0 unspecified atom stereocenters. The summed E-state index contributed by atoms with van der Waals surface area (Å²) in [5.74, 6) is 0. The Morgan fingerprint density at radius 1 is 0.742 bits per heavy atom. The Labute approximate surface area is 178 Å². The molecule has 0 aromatic carbocycles. The quantitative estimate of drug-likeness (QED) is 0.271. The number of hydrogen-bond acceptors (Lipinski definition) is 3. The van der Waals surface area contributed by atoms with Gasteiger partial charge in [0.15, 0.2) is 0 Å². The Bertz CT molecular complexity index is 650. The topological polar surface area (TPSA) is 9.72 Å². The van der Waals surface area contributed by atoms with Crippen molar-refractivity contribution in [2.45, 2.75) is 42.2 Å². The van der Waals surface area contributed by atoms with Crippen LogP contribution >= 0.6 is 0 Å². The van der Waals surface area contributed by atoms with Gasteiger partial charge in [-0.1, -0.05) is 0 Å². The Kier molecular flexibility index (Phi) is 8.54. The van der Waals surface area contributed by atoms with Gasteiger partial charge in [0, 0.05) is 0 Å². The van der Waals surface area contributed by atoms with Gasteiger partial charge < -0.3 is 0 Å². The molecule has 0 saturated heterocycles. The fraction of sp³-hybridized carbons (Fsp3) is 0.765. The third-order valence-electron chi connectivity index (χ3n) is 6.92. The molecule has 1 rings (SSSR count). The average molecular weight is 610 g/mol. The van der Waals surface area contributed by atoms with Crippen LogP contribution in [0.1, 0.15) is 27.2 Å². The molecule has 0 spiro atoms. The second-order valence-electron chi connectivity index (χ2n) is 7.71. The van der Waals surface area contributed by atoms with Crippen LogP contribution < -0.4 is 0 Å². The molecule has 0 radical (unpaired) electrons. The number of nitrogens with zero attached hydrogens (tertiary/aromatic N) is 3. The van der Waals surface area contributed by atoms with Crippen molar-refractivity contribution in [2.75, 3.05) is 40.8 Å². The van der Waals surface area contributed by atoms with Gasteiger partial charge in [0.25, 0.3) is 0 Å². The fourth-order valence-corrected chi connectivity index (χ4v) is 86.4. The summed E-state index contributed by atoms with van der Waals surface area (Å²) in [6, 6.07) is 0. The first-order valence-electron chi connectivity index (χ1n) is 9.75. The Balaban J connectivity index is 4.78. The van der Waals surface area contributed by atoms with E-state index < -0.39 is 61.3 Å². The zero-order valence-corrected chi connectivity index (χ0v) is 22.9. The standard InChI is InChI=1S/C5H5.C3F9Ge.3C3H8N.Zr/c1-2-4-5-3-1;4-1(5,6)13(2(7,8)9)3(10,11)12;3*1-3-4-2;/h1-3H,4H2;;3*3H2,1-2H3;/q;;3*-1;+3. The molecule has 3 nitrogen and oxygen atoms in total. The minimum atomic E-state index is -9.07. The van der Waals surface area contributed by atoms with Crippen molar-refractivity contribution in [1.29, 1.82) is 0 Å². The molecule has 0 heterocycles. The van der Waals surface area contributed by atoms with E-state index in [1.807, 2.05) is 0 Å². The first-order valence-corrected chi connectivity index (χ1v) is 24.9. The van der Waals surface area contributed by atoms with E-state index in [9.17, 15) is 39.5 Å². The summed E-state index contributed by atoms with van der Waals surface area (Å²) in [5.41, 5.74) is 0. The van der Waals surface area contributed by atoms with E-state index in [1.165, 1.54) is 32.9 Å². The van der Waals surface area contributed by atoms with Crippen LogP contribution in [0.15, 0.2) is 21.5 Å². The van der Waals surface area contributed by atoms with Gasteiger partial charge in [-0.15, -0.1) is 0 Å². The molecule has 1 aliphatic rings. The van der Waals surface area contributed by atoms with Gasteiger partial charge in [0.2, 0.25) is 0 Å². The van der Waals surface area contributed by atoms with Crippen molar-refractivity contribution in [3.8, 4) is 0 Å². The molecule has 0 fully saturated rings. The molecular weight excluding hydrogens is 581 g/mol. The number of allylic oxidation sites excluding steroid dienone is 4. The molecule has 0 aromatic rings. The van der Waals surface area contributed by atoms with Gasteiger partial charge in [-0.05, 0) is 0 Å². The first kappa shape index (κ1) is 29.2. The molecule has 183 valence electrons. The van der Waals surface area contributed by atoms with Crippen LogP contribution in [-0.2, 0) is 17.1 Å². The molecule has 1 aliphatic carbocycles. The normalized spacial score (nSPS) is 18.1. The maximum atomic E-state index is 14.8. The average Bonchev–Trinajstić information content (AvgIpc) is 3.15. The number of rotatable bonds is 8. The van der Waals surface area contributed by atoms with Gasteiger partial charge in [-0.3, -0.25) is 0 Å². The van der Waals surface area contributed by atoms with E-state index in [0.29, 0.717) is 0 Å². The predicted octanol–water partition coefficient (Wildman–Crippen LogP) is 5.37. The van der Waals surface area contributed by atoms with E-state index in [-0.39, 0.29) is 9.70 Å². The molecule has 0 atom stereocenters. The molecule has 0 N–H and O–H groups in total. The maximum absolute atomic E-state index is 14.8. The van der Waals surface area contributed by atoms with Crippen molar-refractivity contribution < 1.29 is 56.7 Å². The second-order valence-corrected chi connectivity index (χ2v) is 48.0. The molecular formula is C17H29F9GeN3Zr. The van der Waals surface area contributed by atoms with Crippen molar-refractivity contribution >= 4 is 9.48 Å². The van der Waals surface area contributed by atoms with E-state index in [4.69, 9.17) is 0 Å². The number of alkyl halides is 9. The van der Waals surface area contributed by atoms with Crippen LogP contribution in [0, 0.1) is 0 Å². The summed E-state index contributed by atoms with van der Waals surface area (Å²) in [6.07, 6.45) is 3.28. The third kappa shape index (κ3) is 3.38. The zero-order valence-electron chi connectivity index (χ0n) is 18.3. The molecule has 0 amide bonds. The van der Waals surface area contributed by atoms with Gasteiger partial charge in [-0.25, -0.2) is 0 Å². The summed E-state index contributed by atoms with van der Waals surface area (Å²) >= 11 is -7.71. The molecule has 0 aliphatic heterocycles. The summed E-state index contributed by atoms with van der Waals surface area (Å²) in [7, 11) is -6.06. The molecule has 0 aromatic heterocycles. The van der Waals surface area contributed by atoms with E-state index >= 15 is 0 Å². The van der Waals surface area contributed by atoms with Crippen LogP contribution in [0.25, 0.3) is 0 Å². The van der Waals surface area contributed by atoms with Gasteiger partial charge in [0.05, 0.1) is 0 Å². The van der Waals surface area contributed by atoms with E-state index in [1.54, 1.807) is 0 Å². The molecule has 14 heteroatoms. The zero-order chi connectivity index (χ0) is 24.7. The van der Waals surface area contributed by atoms with Crippen molar-refractivity contribution in [3.63, 3.8) is 0 Å². The molecule has 31 heavy (non-hydrogen) atoms. The predicted molar refractivity (Wildman–Crippen MR) is 101 cm³/mol. The second kappa shape index (κ2) is 9.07. The third-order valence-corrected chi connectivity index (χ3v) is 78.7. The Morgan fingerprint density at radius 2 is 1.06 bits per heavy atom. The van der Waals surface area contributed by atoms with Crippen LogP contribution in [0.2, 0.25) is 0 Å². The van der Waals surface area contributed by atoms with Crippen LogP contribution in [-0.4, -0.2) is 73.8 Å². The molecule has 0 bridgehead atoms. The van der Waals surface area contributed by atoms with Gasteiger partial charge in [-0.2, -0.15) is 0 Å². The van der Waals surface area contributed by atoms with Crippen molar-refractivity contribution in [2.24, 2.45) is 0 Å². The van der Waals surface area contributed by atoms with Crippen LogP contribution in [0.3, 0.4) is 0 Å². The Hall–Kier alpha value is 0.156. The van der Waals surface area contributed by atoms with Gasteiger partial charge >= 0.3 is 179 Å². The van der Waals surface area contributed by atoms with Crippen molar-refractivity contribution in [3.05, 3.63) is 21.5 Å². The SMILES string of the molecule is CC[N](C)[Zr]([C]1=CC=CC1)([N](C)CC)([N](C)CC)[Ge]([C](F)(F)F)([C](F)(F)F)[C](F)(F)F. The summed E-state index contributed by atoms with van der Waals surface area (Å²) in [5, 5.41) is -19.5. The Morgan fingerprint density at radius 3 is 1.26 bits per heavy atom. The van der Waals surface area contributed by atoms with Crippen LogP contribution in [0.4, 0.5) is 39.5 Å². The summed E-state index contributed by atoms with van der Waals surface area (Å²) < 4.78 is 135. The van der Waals surface area contributed by atoms with Crippen molar-refractivity contribution in [1.82, 2.24) is 8.53 Å². The fourth-order valence-electron chi connectivity index (χ4n) is 5.66. The summed E-state index contributed by atoms with van der Waals surface area (Å²) in [4.78, 5) is 0. The van der Waals surface area contributed by atoms with Gasteiger partial charge in [0.1, 0.15) is 0 Å². The van der Waals surface area contributed by atoms with E-state index in [2.05, 4.69) is 0 Å². The van der Waals surface area contributed by atoms with Crippen LogP contribution in [0.5, 0.6) is 0 Å².